The predicted octanol–water partition coefficient (Wildman–Crippen LogP) is 5.40. The smallest absolute Gasteiger partial charge is 0.290 e. The topological polar surface area (TPSA) is 83.6 Å². The summed E-state index contributed by atoms with van der Waals surface area (Å²) in [6.45, 7) is 0.111. The molecular weight excluding hydrogens is 447 g/mol. The molecule has 1 aliphatic heterocycles. The van der Waals surface area contributed by atoms with Gasteiger partial charge >= 0.3 is 0 Å². The molecule has 3 heterocycles. The van der Waals surface area contributed by atoms with Crippen molar-refractivity contribution in [2.75, 3.05) is 0 Å². The minimum atomic E-state index is -0.935. The number of carbonyl (C=O) groups is 2. The van der Waals surface area contributed by atoms with E-state index in [-0.39, 0.29) is 17.9 Å². The van der Waals surface area contributed by atoms with Crippen molar-refractivity contribution in [3.05, 3.63) is 112 Å². The Balaban J connectivity index is 1.60. The second-order valence-electron chi connectivity index (χ2n) is 7.63. The van der Waals surface area contributed by atoms with Gasteiger partial charge in [-0.1, -0.05) is 23.7 Å². The largest absolute Gasteiger partial charge is 0.503 e. The lowest BCUT2D eigenvalue weighted by atomic mass is 9.94. The SMILES string of the molecule is O=C(C1=C(O)C(=O)N(Cc2ccncc2)C1c1ccc(F)cc1)c1cc2cc(Cl)ccc2o1. The number of fused-ring (bicyclic) bond motifs is 1. The molecule has 1 unspecified atom stereocenters. The Morgan fingerprint density at radius 3 is 2.55 bits per heavy atom. The van der Waals surface area contributed by atoms with Crippen molar-refractivity contribution in [3.8, 4) is 0 Å². The molecule has 1 atom stereocenters. The molecule has 2 aromatic carbocycles. The maximum atomic E-state index is 13.6. The number of furan rings is 1. The van der Waals surface area contributed by atoms with Crippen LogP contribution in [0.15, 0.2) is 88.8 Å². The first-order valence-electron chi connectivity index (χ1n) is 10.0. The maximum absolute atomic E-state index is 13.6. The van der Waals surface area contributed by atoms with E-state index in [4.69, 9.17) is 16.0 Å². The van der Waals surface area contributed by atoms with Gasteiger partial charge < -0.3 is 14.4 Å². The van der Waals surface area contributed by atoms with E-state index in [1.807, 2.05) is 0 Å². The van der Waals surface area contributed by atoms with Gasteiger partial charge in [-0.2, -0.15) is 0 Å². The normalized spacial score (nSPS) is 16.1. The van der Waals surface area contributed by atoms with Crippen molar-refractivity contribution in [1.82, 2.24) is 9.88 Å². The minimum Gasteiger partial charge on any atom is -0.503 e. The van der Waals surface area contributed by atoms with Crippen LogP contribution in [0.1, 0.15) is 27.7 Å². The summed E-state index contributed by atoms with van der Waals surface area (Å²) in [5.41, 5.74) is 1.54. The Bertz CT molecular complexity index is 1410. The van der Waals surface area contributed by atoms with E-state index >= 15 is 0 Å². The van der Waals surface area contributed by atoms with Crippen LogP contribution in [0.5, 0.6) is 0 Å². The quantitative estimate of drug-likeness (QED) is 0.401. The van der Waals surface area contributed by atoms with E-state index in [0.29, 0.717) is 21.6 Å². The van der Waals surface area contributed by atoms with E-state index in [9.17, 15) is 19.1 Å². The van der Waals surface area contributed by atoms with Crippen molar-refractivity contribution >= 4 is 34.3 Å². The molecule has 33 heavy (non-hydrogen) atoms. The lowest BCUT2D eigenvalue weighted by Gasteiger charge is -2.26. The Morgan fingerprint density at radius 2 is 1.82 bits per heavy atom. The highest BCUT2D eigenvalue weighted by Crippen LogP contribution is 2.40. The molecule has 0 bridgehead atoms. The number of aromatic nitrogens is 1. The van der Waals surface area contributed by atoms with Crippen LogP contribution >= 0.6 is 11.6 Å². The van der Waals surface area contributed by atoms with Gasteiger partial charge in [0, 0.05) is 29.3 Å². The standard InChI is InChI=1S/C25H16ClFN2O4/c26-17-3-6-19-16(11-17)12-20(33-19)23(30)21-22(15-1-4-18(27)5-2-15)29(25(32)24(21)31)13-14-7-9-28-10-8-14/h1-12,22,31H,13H2. The number of carbonyl (C=O) groups excluding carboxylic acids is 2. The van der Waals surface area contributed by atoms with E-state index in [0.717, 1.165) is 5.56 Å². The fraction of sp³-hybridized carbons (Fsp3) is 0.0800. The number of rotatable bonds is 5. The molecule has 4 aromatic rings. The van der Waals surface area contributed by atoms with E-state index in [2.05, 4.69) is 4.98 Å². The average Bonchev–Trinajstić information content (AvgIpc) is 3.34. The van der Waals surface area contributed by atoms with Crippen molar-refractivity contribution in [2.24, 2.45) is 0 Å². The highest BCUT2D eigenvalue weighted by atomic mass is 35.5. The number of pyridine rings is 1. The molecule has 6 nitrogen and oxygen atoms in total. The highest BCUT2D eigenvalue weighted by molar-refractivity contribution is 6.31. The summed E-state index contributed by atoms with van der Waals surface area (Å²) in [4.78, 5) is 31.9. The zero-order valence-electron chi connectivity index (χ0n) is 17.0. The molecule has 164 valence electrons. The van der Waals surface area contributed by atoms with Gasteiger partial charge in [-0.15, -0.1) is 0 Å². The Hall–Kier alpha value is -3.97. The van der Waals surface area contributed by atoms with Gasteiger partial charge in [-0.05, 0) is 59.7 Å². The lowest BCUT2D eigenvalue weighted by molar-refractivity contribution is -0.130. The van der Waals surface area contributed by atoms with Gasteiger partial charge in [-0.3, -0.25) is 14.6 Å². The second-order valence-corrected chi connectivity index (χ2v) is 8.06. The van der Waals surface area contributed by atoms with E-state index < -0.39 is 29.3 Å². The molecule has 0 saturated carbocycles. The van der Waals surface area contributed by atoms with Crippen molar-refractivity contribution in [3.63, 3.8) is 0 Å². The van der Waals surface area contributed by atoms with Crippen molar-refractivity contribution in [2.45, 2.75) is 12.6 Å². The summed E-state index contributed by atoms with van der Waals surface area (Å²) in [6, 6.07) is 14.4. The third kappa shape index (κ3) is 3.76. The van der Waals surface area contributed by atoms with Crippen LogP contribution in [-0.4, -0.2) is 26.7 Å². The molecule has 5 rings (SSSR count). The minimum absolute atomic E-state index is 0.0421. The van der Waals surface area contributed by atoms with Crippen LogP contribution in [0.25, 0.3) is 11.0 Å². The number of ketones is 1. The van der Waals surface area contributed by atoms with Crippen LogP contribution in [0.2, 0.25) is 5.02 Å². The summed E-state index contributed by atoms with van der Waals surface area (Å²) < 4.78 is 19.3. The molecule has 0 fully saturated rings. The maximum Gasteiger partial charge on any atom is 0.290 e. The second kappa shape index (κ2) is 8.18. The monoisotopic (exact) mass is 462 g/mol. The van der Waals surface area contributed by atoms with E-state index in [1.165, 1.54) is 35.2 Å². The molecule has 0 spiro atoms. The van der Waals surface area contributed by atoms with Crippen LogP contribution in [0.3, 0.4) is 0 Å². The Kier molecular flexibility index (Phi) is 5.18. The third-order valence-electron chi connectivity index (χ3n) is 5.54. The Labute approximate surface area is 192 Å². The van der Waals surface area contributed by atoms with Gasteiger partial charge in [0.1, 0.15) is 11.4 Å². The van der Waals surface area contributed by atoms with Crippen molar-refractivity contribution < 1.29 is 23.5 Å². The van der Waals surface area contributed by atoms with Crippen LogP contribution in [-0.2, 0) is 11.3 Å². The van der Waals surface area contributed by atoms with Crippen LogP contribution < -0.4 is 0 Å². The van der Waals surface area contributed by atoms with Gasteiger partial charge in [0.05, 0.1) is 11.6 Å². The van der Waals surface area contributed by atoms with Gasteiger partial charge in [-0.25, -0.2) is 4.39 Å². The number of amides is 1. The van der Waals surface area contributed by atoms with Gasteiger partial charge in [0.15, 0.2) is 11.5 Å². The molecule has 0 radical (unpaired) electrons. The lowest BCUT2D eigenvalue weighted by Crippen LogP contribution is -2.30. The first-order valence-corrected chi connectivity index (χ1v) is 10.4. The molecule has 1 aliphatic rings. The van der Waals surface area contributed by atoms with Gasteiger partial charge in [0.25, 0.3) is 5.91 Å². The molecule has 8 heteroatoms. The first-order chi connectivity index (χ1) is 15.9. The number of aliphatic hydroxyl groups excluding tert-OH is 1. The van der Waals surface area contributed by atoms with Gasteiger partial charge in [0.2, 0.25) is 5.78 Å². The fourth-order valence-electron chi connectivity index (χ4n) is 3.98. The Morgan fingerprint density at radius 1 is 1.09 bits per heavy atom. The summed E-state index contributed by atoms with van der Waals surface area (Å²) in [5.74, 6) is -2.51. The molecule has 0 saturated heterocycles. The summed E-state index contributed by atoms with van der Waals surface area (Å²) >= 11 is 6.03. The van der Waals surface area contributed by atoms with E-state index in [1.54, 1.807) is 42.7 Å². The fourth-order valence-corrected chi connectivity index (χ4v) is 4.16. The first kappa shape index (κ1) is 20.9. The molecule has 2 aromatic heterocycles. The number of benzene rings is 2. The number of halogens is 2. The number of hydrogen-bond donors (Lipinski definition) is 1. The third-order valence-corrected chi connectivity index (χ3v) is 5.77. The van der Waals surface area contributed by atoms with Crippen LogP contribution in [0, 0.1) is 5.82 Å². The zero-order valence-corrected chi connectivity index (χ0v) is 17.8. The molecule has 1 amide bonds. The average molecular weight is 463 g/mol. The summed E-state index contributed by atoms with van der Waals surface area (Å²) in [6.07, 6.45) is 3.17. The summed E-state index contributed by atoms with van der Waals surface area (Å²) in [7, 11) is 0. The summed E-state index contributed by atoms with van der Waals surface area (Å²) in [5, 5.41) is 11.9. The number of aliphatic hydroxyl groups is 1. The number of hydrogen-bond acceptors (Lipinski definition) is 5. The molecular formula is C25H16ClFN2O4. The molecule has 1 N–H and O–H groups in total. The predicted molar refractivity (Wildman–Crippen MR) is 119 cm³/mol. The number of nitrogens with zero attached hydrogens (tertiary/aromatic N) is 2. The highest BCUT2D eigenvalue weighted by Gasteiger charge is 2.44. The zero-order chi connectivity index (χ0) is 23.1. The molecule has 0 aliphatic carbocycles. The van der Waals surface area contributed by atoms with Crippen LogP contribution in [0.4, 0.5) is 4.39 Å². The van der Waals surface area contributed by atoms with Crippen molar-refractivity contribution in [1.29, 1.82) is 0 Å². The number of Topliss-reactive ketones (excluding diaryl/α,β-unsaturated/α-hetero) is 1.